The summed E-state index contributed by atoms with van der Waals surface area (Å²) >= 11 is 1.33. The third-order valence-corrected chi connectivity index (χ3v) is 3.70. The van der Waals surface area contributed by atoms with Crippen molar-refractivity contribution < 1.29 is 9.28 Å². The van der Waals surface area contributed by atoms with Gasteiger partial charge < -0.3 is 0 Å². The van der Waals surface area contributed by atoms with Gasteiger partial charge in [0, 0.05) is 12.7 Å². The minimum absolute atomic E-state index is 0.147. The van der Waals surface area contributed by atoms with Crippen molar-refractivity contribution in [1.29, 1.82) is 5.26 Å². The normalized spacial score (nSPS) is 36.8. The number of amides is 1. The lowest BCUT2D eigenvalue weighted by atomic mass is 10.2. The number of carbonyl (C=O) groups excluding carboxylic acids is 1. The molecule has 0 spiro atoms. The van der Waals surface area contributed by atoms with Gasteiger partial charge in [-0.3, -0.25) is 0 Å². The van der Waals surface area contributed by atoms with Gasteiger partial charge in [-0.25, -0.2) is 9.28 Å². The summed E-state index contributed by atoms with van der Waals surface area (Å²) in [6.45, 7) is 7.21. The van der Waals surface area contributed by atoms with Crippen LogP contribution in [-0.4, -0.2) is 34.1 Å². The van der Waals surface area contributed by atoms with Crippen molar-refractivity contribution in [2.24, 2.45) is 0 Å². The Morgan fingerprint density at radius 2 is 2.31 bits per heavy atom. The fraction of sp³-hybridized carbons (Fsp3) is 0.778. The molecule has 1 heterocycles. The van der Waals surface area contributed by atoms with Crippen LogP contribution in [-0.2, 0) is 0 Å². The maximum Gasteiger partial charge on any atom is 0.376 e. The van der Waals surface area contributed by atoms with E-state index in [4.69, 9.17) is 5.26 Å². The third-order valence-electron chi connectivity index (χ3n) is 2.82. The summed E-state index contributed by atoms with van der Waals surface area (Å²) in [5, 5.41) is 9.07. The summed E-state index contributed by atoms with van der Waals surface area (Å²) in [5.74, 6) is 0.792. The molecule has 0 saturated carbocycles. The quantitative estimate of drug-likeness (QED) is 0.504. The number of carbonyl (C=O) groups is 1. The van der Waals surface area contributed by atoms with E-state index in [0.717, 1.165) is 12.3 Å². The maximum absolute atomic E-state index is 11.7. The van der Waals surface area contributed by atoms with Crippen LogP contribution >= 0.6 is 11.8 Å². The maximum atomic E-state index is 11.7. The van der Waals surface area contributed by atoms with E-state index in [1.807, 2.05) is 20.8 Å². The van der Waals surface area contributed by atoms with Crippen LogP contribution in [0.25, 0.3) is 0 Å². The smallest absolute Gasteiger partial charge is 0.223 e. The van der Waals surface area contributed by atoms with Crippen LogP contribution in [0.4, 0.5) is 4.79 Å². The van der Waals surface area contributed by atoms with Crippen molar-refractivity contribution in [1.82, 2.24) is 0 Å². The molecule has 0 aliphatic carbocycles. The van der Waals surface area contributed by atoms with Crippen LogP contribution in [0.3, 0.4) is 0 Å². The molecule has 0 aromatic heterocycles. The molecule has 1 rings (SSSR count). The van der Waals surface area contributed by atoms with E-state index in [-0.39, 0.29) is 5.24 Å². The van der Waals surface area contributed by atoms with Gasteiger partial charge in [-0.1, -0.05) is 6.92 Å². The Bertz CT molecular complexity index is 273. The molecule has 1 fully saturated rings. The summed E-state index contributed by atoms with van der Waals surface area (Å²) < 4.78 is 0.349. The zero-order valence-electron chi connectivity index (χ0n) is 8.33. The van der Waals surface area contributed by atoms with Crippen molar-refractivity contribution in [2.75, 3.05) is 18.8 Å². The molecule has 1 saturated heterocycles. The molecule has 0 radical (unpaired) electrons. The van der Waals surface area contributed by atoms with Crippen molar-refractivity contribution >= 4 is 17.0 Å². The number of likely N-dealkylation sites (N-methyl/N-ethyl adjacent to an activating group) is 1. The number of thioether (sulfide) groups is 1. The van der Waals surface area contributed by atoms with Crippen molar-refractivity contribution in [3.63, 3.8) is 0 Å². The highest BCUT2D eigenvalue weighted by Crippen LogP contribution is 2.44. The first kappa shape index (κ1) is 10.6. The van der Waals surface area contributed by atoms with Gasteiger partial charge >= 0.3 is 5.24 Å². The molecule has 1 aliphatic rings. The molecule has 1 amide bonds. The highest BCUT2D eigenvalue weighted by Gasteiger charge is 2.71. The van der Waals surface area contributed by atoms with E-state index in [9.17, 15) is 4.79 Å². The first-order valence-electron chi connectivity index (χ1n) is 4.52. The Balaban J connectivity index is 2.78. The van der Waals surface area contributed by atoms with Crippen LogP contribution in [0.15, 0.2) is 0 Å². The number of hydrogen-bond acceptors (Lipinski definition) is 3. The van der Waals surface area contributed by atoms with E-state index in [1.165, 1.54) is 11.8 Å². The van der Waals surface area contributed by atoms with Crippen molar-refractivity contribution in [2.45, 2.75) is 26.3 Å². The fourth-order valence-corrected chi connectivity index (χ4v) is 2.61. The molecule has 1 aliphatic heterocycles. The molecule has 13 heavy (non-hydrogen) atoms. The van der Waals surface area contributed by atoms with Crippen molar-refractivity contribution in [3.8, 4) is 6.07 Å². The van der Waals surface area contributed by atoms with E-state index in [0.29, 0.717) is 11.0 Å². The molecule has 4 heteroatoms. The Kier molecular flexibility index (Phi) is 2.69. The van der Waals surface area contributed by atoms with Crippen LogP contribution < -0.4 is 0 Å². The standard InChI is InChI=1S/C9H15N2OS/c1-4-11(8(12)13-5-2)7-9(11,3)6-10/h4-5,7H2,1-3H3/q+1. The van der Waals surface area contributed by atoms with E-state index in [2.05, 4.69) is 6.07 Å². The van der Waals surface area contributed by atoms with Crippen LogP contribution in [0, 0.1) is 11.3 Å². The third kappa shape index (κ3) is 1.36. The fourth-order valence-electron chi connectivity index (χ4n) is 1.72. The lowest BCUT2D eigenvalue weighted by molar-refractivity contribution is -0.728. The SMILES string of the molecule is CCSC(=O)[N+]1(CC)CC1(C)C#N. The minimum Gasteiger partial charge on any atom is -0.223 e. The molecule has 0 N–H and O–H groups in total. The topological polar surface area (TPSA) is 40.9 Å². The van der Waals surface area contributed by atoms with Gasteiger partial charge in [-0.15, -0.1) is 0 Å². The minimum atomic E-state index is -0.450. The molecule has 72 valence electrons. The summed E-state index contributed by atoms with van der Waals surface area (Å²) in [6.07, 6.45) is 0. The van der Waals surface area contributed by atoms with Gasteiger partial charge in [0.1, 0.15) is 6.07 Å². The first-order chi connectivity index (χ1) is 6.06. The lowest BCUT2D eigenvalue weighted by Crippen LogP contribution is -2.37. The van der Waals surface area contributed by atoms with Crippen LogP contribution in [0.5, 0.6) is 0 Å². The van der Waals surface area contributed by atoms with Gasteiger partial charge in [0.2, 0.25) is 5.54 Å². The largest absolute Gasteiger partial charge is 0.376 e. The number of hydrogen-bond donors (Lipinski definition) is 0. The molecule has 0 aromatic carbocycles. The monoisotopic (exact) mass is 199 g/mol. The second kappa shape index (κ2) is 3.32. The van der Waals surface area contributed by atoms with Gasteiger partial charge in [0.25, 0.3) is 0 Å². The Labute approximate surface area is 83.3 Å². The summed E-state index contributed by atoms with van der Waals surface area (Å²) in [6, 6.07) is 2.23. The second-order valence-electron chi connectivity index (χ2n) is 3.53. The van der Waals surface area contributed by atoms with Gasteiger partial charge in [0.05, 0.1) is 6.54 Å². The highest BCUT2D eigenvalue weighted by molar-refractivity contribution is 8.13. The Morgan fingerprint density at radius 1 is 1.69 bits per heavy atom. The number of quaternary nitrogens is 1. The van der Waals surface area contributed by atoms with Crippen LogP contribution in [0.2, 0.25) is 0 Å². The predicted molar refractivity (Wildman–Crippen MR) is 53.2 cm³/mol. The molecule has 2 atom stereocenters. The lowest BCUT2D eigenvalue weighted by Gasteiger charge is -2.15. The summed E-state index contributed by atoms with van der Waals surface area (Å²) in [7, 11) is 0. The Hall–Kier alpha value is -0.530. The highest BCUT2D eigenvalue weighted by atomic mass is 32.2. The zero-order valence-corrected chi connectivity index (χ0v) is 9.15. The van der Waals surface area contributed by atoms with Gasteiger partial charge in [-0.05, 0) is 18.7 Å². The average Bonchev–Trinajstić information content (AvgIpc) is 2.75. The second-order valence-corrected chi connectivity index (χ2v) is 4.74. The molecule has 0 aromatic rings. The molecule has 3 nitrogen and oxygen atoms in total. The number of rotatable bonds is 2. The number of nitrogens with zero attached hydrogens (tertiary/aromatic N) is 2. The first-order valence-corrected chi connectivity index (χ1v) is 5.50. The predicted octanol–water partition coefficient (Wildman–Crippen LogP) is 1.99. The summed E-state index contributed by atoms with van der Waals surface area (Å²) in [4.78, 5) is 11.7. The van der Waals surface area contributed by atoms with E-state index >= 15 is 0 Å². The molecular weight excluding hydrogens is 184 g/mol. The van der Waals surface area contributed by atoms with Crippen LogP contribution in [0.1, 0.15) is 20.8 Å². The number of nitriles is 1. The molecule has 2 unspecified atom stereocenters. The van der Waals surface area contributed by atoms with E-state index in [1.54, 1.807) is 0 Å². The van der Waals surface area contributed by atoms with E-state index < -0.39 is 5.54 Å². The molecular formula is C9H15N2OS+. The zero-order chi connectivity index (χ0) is 10.1. The van der Waals surface area contributed by atoms with Gasteiger partial charge in [0.15, 0.2) is 6.54 Å². The summed E-state index contributed by atoms with van der Waals surface area (Å²) in [5.41, 5.74) is -0.450. The Morgan fingerprint density at radius 3 is 2.62 bits per heavy atom. The van der Waals surface area contributed by atoms with Gasteiger partial charge in [-0.2, -0.15) is 5.26 Å². The molecule has 0 bridgehead atoms. The van der Waals surface area contributed by atoms with Crippen molar-refractivity contribution in [3.05, 3.63) is 0 Å². The average molecular weight is 199 g/mol.